The molecule has 1 atom stereocenters. The third kappa shape index (κ3) is 2.85. The molecule has 100 valence electrons. The van der Waals surface area contributed by atoms with Gasteiger partial charge in [-0.25, -0.2) is 0 Å². The number of ether oxygens (including phenoxy) is 1. The van der Waals surface area contributed by atoms with E-state index in [0.29, 0.717) is 6.54 Å². The normalized spacial score (nSPS) is 23.2. The number of morpholine rings is 1. The lowest BCUT2D eigenvalue weighted by Gasteiger charge is -2.44. The van der Waals surface area contributed by atoms with Crippen LogP contribution in [-0.4, -0.2) is 31.3 Å². The van der Waals surface area contributed by atoms with Gasteiger partial charge in [0.15, 0.2) is 0 Å². The van der Waals surface area contributed by atoms with Crippen molar-refractivity contribution >= 4 is 5.69 Å². The summed E-state index contributed by atoms with van der Waals surface area (Å²) in [6.45, 7) is 10.9. The lowest BCUT2D eigenvalue weighted by Crippen LogP contribution is -2.55. The molecule has 0 aliphatic carbocycles. The van der Waals surface area contributed by atoms with E-state index in [1.807, 2.05) is 0 Å². The van der Waals surface area contributed by atoms with E-state index in [4.69, 9.17) is 10.5 Å². The van der Waals surface area contributed by atoms with Gasteiger partial charge in [-0.15, -0.1) is 0 Å². The zero-order valence-corrected chi connectivity index (χ0v) is 11.9. The summed E-state index contributed by atoms with van der Waals surface area (Å²) in [5.41, 5.74) is 9.56. The zero-order chi connectivity index (χ0) is 13.3. The number of nitrogens with two attached hydrogens (primary N) is 1. The molecular formula is C15H24N2O. The van der Waals surface area contributed by atoms with Gasteiger partial charge in [0.05, 0.1) is 11.7 Å². The van der Waals surface area contributed by atoms with Crippen molar-refractivity contribution < 1.29 is 4.74 Å². The summed E-state index contributed by atoms with van der Waals surface area (Å²) in [5.74, 6) is 0. The summed E-state index contributed by atoms with van der Waals surface area (Å²) in [4.78, 5) is 2.40. The minimum Gasteiger partial charge on any atom is -0.367 e. The van der Waals surface area contributed by atoms with Gasteiger partial charge in [-0.05, 0) is 39.3 Å². The number of aryl methyl sites for hydroxylation is 2. The Morgan fingerprint density at radius 1 is 1.39 bits per heavy atom. The second-order valence-corrected chi connectivity index (χ2v) is 5.91. The first-order chi connectivity index (χ1) is 8.41. The molecule has 0 radical (unpaired) electrons. The van der Waals surface area contributed by atoms with Crippen molar-refractivity contribution in [3.63, 3.8) is 0 Å². The van der Waals surface area contributed by atoms with Crippen molar-refractivity contribution in [3.05, 3.63) is 29.3 Å². The van der Waals surface area contributed by atoms with Crippen molar-refractivity contribution in [2.24, 2.45) is 5.73 Å². The Morgan fingerprint density at radius 2 is 2.11 bits per heavy atom. The minimum absolute atomic E-state index is 0.120. The van der Waals surface area contributed by atoms with Crippen LogP contribution in [0.25, 0.3) is 0 Å². The summed E-state index contributed by atoms with van der Waals surface area (Å²) in [5, 5.41) is 0. The third-order valence-electron chi connectivity index (χ3n) is 3.44. The molecular weight excluding hydrogens is 224 g/mol. The molecule has 2 rings (SSSR count). The van der Waals surface area contributed by atoms with E-state index < -0.39 is 0 Å². The summed E-state index contributed by atoms with van der Waals surface area (Å²) in [7, 11) is 0. The monoisotopic (exact) mass is 248 g/mol. The van der Waals surface area contributed by atoms with Crippen LogP contribution in [0.1, 0.15) is 25.0 Å². The molecule has 1 aliphatic heterocycles. The highest BCUT2D eigenvalue weighted by molar-refractivity contribution is 5.55. The summed E-state index contributed by atoms with van der Waals surface area (Å²) in [6.07, 6.45) is 0.120. The van der Waals surface area contributed by atoms with Crippen LogP contribution in [0.3, 0.4) is 0 Å². The Hall–Kier alpha value is -1.06. The van der Waals surface area contributed by atoms with Crippen LogP contribution in [-0.2, 0) is 4.74 Å². The van der Waals surface area contributed by atoms with E-state index >= 15 is 0 Å². The first-order valence-corrected chi connectivity index (χ1v) is 6.61. The molecule has 1 aliphatic rings. The van der Waals surface area contributed by atoms with E-state index in [0.717, 1.165) is 13.1 Å². The number of hydrogen-bond donors (Lipinski definition) is 1. The van der Waals surface area contributed by atoms with E-state index in [-0.39, 0.29) is 11.7 Å². The van der Waals surface area contributed by atoms with E-state index in [9.17, 15) is 0 Å². The maximum atomic E-state index is 5.97. The van der Waals surface area contributed by atoms with Gasteiger partial charge in [-0.3, -0.25) is 0 Å². The summed E-state index contributed by atoms with van der Waals surface area (Å²) >= 11 is 0. The molecule has 1 heterocycles. The van der Waals surface area contributed by atoms with Gasteiger partial charge >= 0.3 is 0 Å². The Labute approximate surface area is 110 Å². The summed E-state index contributed by atoms with van der Waals surface area (Å²) < 4.78 is 5.97. The van der Waals surface area contributed by atoms with Crippen molar-refractivity contribution in [2.45, 2.75) is 39.4 Å². The number of rotatable bonds is 2. The Bertz CT molecular complexity index is 429. The molecule has 1 fully saturated rings. The molecule has 2 N–H and O–H groups in total. The topological polar surface area (TPSA) is 38.5 Å². The predicted molar refractivity (Wildman–Crippen MR) is 76.1 cm³/mol. The first kappa shape index (κ1) is 13.4. The molecule has 1 aromatic rings. The van der Waals surface area contributed by atoms with Crippen LogP contribution >= 0.6 is 0 Å². The number of nitrogens with zero attached hydrogens (tertiary/aromatic N) is 1. The maximum Gasteiger partial charge on any atom is 0.0879 e. The first-order valence-electron chi connectivity index (χ1n) is 6.61. The van der Waals surface area contributed by atoms with Crippen molar-refractivity contribution in [3.8, 4) is 0 Å². The second kappa shape index (κ2) is 4.90. The number of hydrogen-bond acceptors (Lipinski definition) is 3. The van der Waals surface area contributed by atoms with Crippen molar-refractivity contribution in [1.29, 1.82) is 0 Å². The smallest absolute Gasteiger partial charge is 0.0879 e. The van der Waals surface area contributed by atoms with E-state index in [2.05, 4.69) is 50.8 Å². The molecule has 3 nitrogen and oxygen atoms in total. The Morgan fingerprint density at radius 3 is 2.72 bits per heavy atom. The second-order valence-electron chi connectivity index (χ2n) is 5.91. The fourth-order valence-electron chi connectivity index (χ4n) is 2.76. The van der Waals surface area contributed by atoms with E-state index in [1.54, 1.807) is 0 Å². The highest BCUT2D eigenvalue weighted by Gasteiger charge is 2.33. The summed E-state index contributed by atoms with van der Waals surface area (Å²) in [6, 6.07) is 6.61. The molecule has 3 heteroatoms. The molecule has 1 aromatic carbocycles. The zero-order valence-electron chi connectivity index (χ0n) is 11.9. The molecule has 0 bridgehead atoms. The standard InChI is InChI=1S/C15H24N2O/c1-11-5-6-14(12(2)7-11)17-9-13(8-16)18-15(3,4)10-17/h5-7,13H,8-10,16H2,1-4H3. The van der Waals surface area contributed by atoms with Gasteiger partial charge < -0.3 is 15.4 Å². The average molecular weight is 248 g/mol. The fourth-order valence-corrected chi connectivity index (χ4v) is 2.76. The fraction of sp³-hybridized carbons (Fsp3) is 0.600. The highest BCUT2D eigenvalue weighted by atomic mass is 16.5. The Balaban J connectivity index is 2.26. The average Bonchev–Trinajstić information content (AvgIpc) is 2.26. The van der Waals surface area contributed by atoms with Gasteiger partial charge in [0.2, 0.25) is 0 Å². The maximum absolute atomic E-state index is 5.97. The van der Waals surface area contributed by atoms with Crippen LogP contribution < -0.4 is 10.6 Å². The van der Waals surface area contributed by atoms with Crippen molar-refractivity contribution in [2.75, 3.05) is 24.5 Å². The molecule has 0 saturated carbocycles. The number of anilines is 1. The van der Waals surface area contributed by atoms with E-state index in [1.165, 1.54) is 16.8 Å². The molecule has 1 saturated heterocycles. The van der Waals surface area contributed by atoms with Crippen LogP contribution in [0.5, 0.6) is 0 Å². The van der Waals surface area contributed by atoms with Gasteiger partial charge in [0, 0.05) is 25.3 Å². The van der Waals surface area contributed by atoms with Gasteiger partial charge in [-0.1, -0.05) is 17.7 Å². The molecule has 0 spiro atoms. The molecule has 18 heavy (non-hydrogen) atoms. The van der Waals surface area contributed by atoms with Gasteiger partial charge in [0.1, 0.15) is 0 Å². The third-order valence-corrected chi connectivity index (χ3v) is 3.44. The van der Waals surface area contributed by atoms with Gasteiger partial charge in [0.25, 0.3) is 0 Å². The van der Waals surface area contributed by atoms with Crippen molar-refractivity contribution in [1.82, 2.24) is 0 Å². The van der Waals surface area contributed by atoms with Crippen LogP contribution in [0.4, 0.5) is 5.69 Å². The molecule has 1 unspecified atom stereocenters. The minimum atomic E-state index is -0.139. The highest BCUT2D eigenvalue weighted by Crippen LogP contribution is 2.28. The SMILES string of the molecule is Cc1ccc(N2CC(CN)OC(C)(C)C2)c(C)c1. The Kier molecular flexibility index (Phi) is 3.64. The number of benzene rings is 1. The molecule has 0 amide bonds. The van der Waals surface area contributed by atoms with Gasteiger partial charge in [-0.2, -0.15) is 0 Å². The lowest BCUT2D eigenvalue weighted by molar-refractivity contribution is -0.0788. The predicted octanol–water partition coefficient (Wildman–Crippen LogP) is 2.25. The largest absolute Gasteiger partial charge is 0.367 e. The quantitative estimate of drug-likeness (QED) is 0.872. The van der Waals surface area contributed by atoms with Crippen LogP contribution in [0.15, 0.2) is 18.2 Å². The molecule has 0 aromatic heterocycles. The van der Waals surface area contributed by atoms with Crippen LogP contribution in [0.2, 0.25) is 0 Å². The lowest BCUT2D eigenvalue weighted by atomic mass is 10.0. The van der Waals surface area contributed by atoms with Crippen LogP contribution in [0, 0.1) is 13.8 Å².